The minimum atomic E-state index is -1.11. The Kier molecular flexibility index (Phi) is 8.57. The second-order valence-electron chi connectivity index (χ2n) is 16.2. The predicted molar refractivity (Wildman–Crippen MR) is 205 cm³/mol. The third-order valence-corrected chi connectivity index (χ3v) is 12.5. The van der Waals surface area contributed by atoms with Crippen molar-refractivity contribution in [3.8, 4) is 17.2 Å². The van der Waals surface area contributed by atoms with Crippen LogP contribution in [0.4, 0.5) is 21.5 Å². The third-order valence-electron chi connectivity index (χ3n) is 12.5. The van der Waals surface area contributed by atoms with Gasteiger partial charge in [0.05, 0.1) is 34.0 Å². The molecule has 1 atom stereocenters. The molecule has 2 saturated heterocycles. The number of hydrogen-bond acceptors (Lipinski definition) is 10. The van der Waals surface area contributed by atoms with Crippen molar-refractivity contribution in [1.82, 2.24) is 20.3 Å². The number of aryl methyl sites for hydroxylation is 3. The van der Waals surface area contributed by atoms with E-state index < -0.39 is 35.5 Å². The lowest BCUT2D eigenvalue weighted by molar-refractivity contribution is -0.136. The molecule has 5 aliphatic rings. The number of nitrogens with one attached hydrogen (secondary N) is 2. The van der Waals surface area contributed by atoms with Crippen molar-refractivity contribution in [3.63, 3.8) is 0 Å². The first-order valence-electron chi connectivity index (χ1n) is 19.3. The van der Waals surface area contributed by atoms with Crippen LogP contribution in [0.2, 0.25) is 0 Å². The molecule has 56 heavy (non-hydrogen) atoms. The van der Waals surface area contributed by atoms with Crippen LogP contribution in [0.5, 0.6) is 0 Å². The molecule has 0 bridgehead atoms. The summed E-state index contributed by atoms with van der Waals surface area (Å²) in [5.41, 5.74) is 7.08. The largest absolute Gasteiger partial charge is 0.380 e. The number of carbonyl (C=O) groups excluding carboxylic acids is 4. The highest BCUT2D eigenvalue weighted by atomic mass is 19.1. The maximum atomic E-state index is 15.3. The summed E-state index contributed by atoms with van der Waals surface area (Å²) >= 11 is 0. The first-order chi connectivity index (χ1) is 26.9. The Labute approximate surface area is 323 Å². The Morgan fingerprint density at radius 2 is 1.71 bits per heavy atom. The summed E-state index contributed by atoms with van der Waals surface area (Å²) in [6.45, 7) is 8.67. The number of rotatable bonds is 10. The fourth-order valence-electron chi connectivity index (χ4n) is 8.95. The van der Waals surface area contributed by atoms with E-state index in [1.807, 2.05) is 13.8 Å². The van der Waals surface area contributed by atoms with Crippen LogP contribution < -0.4 is 15.5 Å². The number of imide groups is 2. The van der Waals surface area contributed by atoms with Crippen LogP contribution in [0.25, 0.3) is 11.1 Å². The summed E-state index contributed by atoms with van der Waals surface area (Å²) in [5.74, 6) is -2.00. The number of carbonyl (C=O) groups is 4. The van der Waals surface area contributed by atoms with E-state index in [1.165, 1.54) is 6.07 Å². The summed E-state index contributed by atoms with van der Waals surface area (Å²) in [7, 11) is 0. The van der Waals surface area contributed by atoms with Gasteiger partial charge in [0, 0.05) is 61.0 Å². The molecule has 2 aliphatic carbocycles. The average Bonchev–Trinajstić information content (AvgIpc) is 3.83. The molecule has 13 heteroatoms. The maximum absolute atomic E-state index is 15.3. The Morgan fingerprint density at radius 1 is 1.00 bits per heavy atom. The molecule has 0 spiro atoms. The van der Waals surface area contributed by atoms with Crippen molar-refractivity contribution in [2.24, 2.45) is 5.92 Å². The van der Waals surface area contributed by atoms with Gasteiger partial charge < -0.3 is 14.7 Å². The van der Waals surface area contributed by atoms with Gasteiger partial charge in [-0.3, -0.25) is 34.3 Å². The van der Waals surface area contributed by atoms with Gasteiger partial charge in [0.25, 0.3) is 11.8 Å². The third kappa shape index (κ3) is 6.03. The van der Waals surface area contributed by atoms with Crippen molar-refractivity contribution in [2.75, 3.05) is 29.9 Å². The van der Waals surface area contributed by atoms with Crippen molar-refractivity contribution in [1.29, 1.82) is 5.26 Å². The Morgan fingerprint density at radius 3 is 2.36 bits per heavy atom. The fourth-order valence-corrected chi connectivity index (χ4v) is 8.95. The minimum absolute atomic E-state index is 0.00190. The quantitative estimate of drug-likeness (QED) is 0.182. The predicted octanol–water partition coefficient (Wildman–Crippen LogP) is 6.08. The molecule has 3 aliphatic heterocycles. The van der Waals surface area contributed by atoms with Crippen LogP contribution in [0.3, 0.4) is 0 Å². The molecule has 286 valence electrons. The van der Waals surface area contributed by atoms with Gasteiger partial charge in [0.1, 0.15) is 17.6 Å². The Hall–Kier alpha value is -5.87. The zero-order chi connectivity index (χ0) is 39.0. The lowest BCUT2D eigenvalue weighted by Gasteiger charge is -2.52. The number of aromatic nitrogens is 1. The monoisotopic (exact) mass is 755 g/mol. The number of hydrogen-bond donors (Lipinski definition) is 2. The van der Waals surface area contributed by atoms with Gasteiger partial charge in [0.15, 0.2) is 0 Å². The second-order valence-corrected chi connectivity index (χ2v) is 16.2. The molecule has 12 nitrogen and oxygen atoms in total. The first kappa shape index (κ1) is 35.8. The van der Waals surface area contributed by atoms with Crippen LogP contribution in [-0.4, -0.2) is 76.3 Å². The van der Waals surface area contributed by atoms with E-state index in [4.69, 9.17) is 4.52 Å². The van der Waals surface area contributed by atoms with Gasteiger partial charge in [0.2, 0.25) is 11.8 Å². The van der Waals surface area contributed by atoms with Crippen LogP contribution in [0.1, 0.15) is 81.8 Å². The second kappa shape index (κ2) is 13.4. The Balaban J connectivity index is 0.861. The molecule has 1 aromatic heterocycles. The van der Waals surface area contributed by atoms with Gasteiger partial charge in [-0.25, -0.2) is 4.39 Å². The molecule has 3 aromatic carbocycles. The topological polar surface area (TPSA) is 152 Å². The van der Waals surface area contributed by atoms with Crippen LogP contribution in [-0.2, 0) is 15.0 Å². The molecule has 2 saturated carbocycles. The molecule has 0 radical (unpaired) electrons. The molecule has 4 amide bonds. The normalized spacial score (nSPS) is 22.9. The molecular weight excluding hydrogens is 714 g/mol. The van der Waals surface area contributed by atoms with Gasteiger partial charge >= 0.3 is 0 Å². The SMILES string of the molecule is Cc1ccc(-c2c(C)noc2C)cc1N(CC1CN([C@H]2C[C@@H](Nc3cc4c(cc3F)C(=O)N(C3CCC(=O)NC3=O)C4=O)C2)C1)c1ccc(C2(C#N)CC2)cc1. The van der Waals surface area contributed by atoms with Crippen LogP contribution in [0.15, 0.2) is 59.1 Å². The van der Waals surface area contributed by atoms with Gasteiger partial charge in [-0.1, -0.05) is 29.4 Å². The van der Waals surface area contributed by atoms with E-state index in [9.17, 15) is 24.4 Å². The smallest absolute Gasteiger partial charge is 0.262 e. The number of fused-ring (bicyclic) bond motifs is 1. The molecule has 9 rings (SSSR count). The van der Waals surface area contributed by atoms with Gasteiger partial charge in [-0.05, 0) is 99.9 Å². The summed E-state index contributed by atoms with van der Waals surface area (Å²) in [6, 6.07) is 19.2. The Bertz CT molecular complexity index is 2330. The van der Waals surface area contributed by atoms with E-state index in [1.54, 1.807) is 0 Å². The molecule has 2 N–H and O–H groups in total. The van der Waals surface area contributed by atoms with E-state index in [-0.39, 0.29) is 41.1 Å². The van der Waals surface area contributed by atoms with Gasteiger partial charge in [-0.2, -0.15) is 5.26 Å². The number of nitrogens with zero attached hydrogens (tertiary/aromatic N) is 5. The highest BCUT2D eigenvalue weighted by molar-refractivity contribution is 6.23. The van der Waals surface area contributed by atoms with Crippen LogP contribution in [0, 0.1) is 43.8 Å². The zero-order valence-electron chi connectivity index (χ0n) is 31.5. The number of halogens is 1. The number of nitriles is 1. The van der Waals surface area contributed by atoms with Crippen molar-refractivity contribution in [2.45, 2.75) is 82.8 Å². The molecule has 4 fully saturated rings. The van der Waals surface area contributed by atoms with Crippen molar-refractivity contribution < 1.29 is 28.1 Å². The maximum Gasteiger partial charge on any atom is 0.262 e. The molecular formula is C43H42FN7O5. The summed E-state index contributed by atoms with van der Waals surface area (Å²) in [6.07, 6.45) is 3.46. The van der Waals surface area contributed by atoms with E-state index in [0.717, 1.165) is 101 Å². The van der Waals surface area contributed by atoms with E-state index in [0.29, 0.717) is 12.0 Å². The lowest BCUT2D eigenvalue weighted by Crippen LogP contribution is -2.60. The van der Waals surface area contributed by atoms with Crippen molar-refractivity contribution in [3.05, 3.63) is 94.1 Å². The number of anilines is 3. The molecule has 4 aromatic rings. The summed E-state index contributed by atoms with van der Waals surface area (Å²) in [5, 5.41) is 19.4. The highest BCUT2D eigenvalue weighted by Gasteiger charge is 2.47. The first-order valence-corrected chi connectivity index (χ1v) is 19.3. The number of likely N-dealkylation sites (tertiary alicyclic amines) is 1. The fraction of sp³-hybridized carbons (Fsp3) is 0.395. The van der Waals surface area contributed by atoms with Crippen molar-refractivity contribution >= 4 is 40.7 Å². The van der Waals surface area contributed by atoms with Crippen LogP contribution >= 0.6 is 0 Å². The molecule has 1 unspecified atom stereocenters. The highest BCUT2D eigenvalue weighted by Crippen LogP contribution is 2.48. The summed E-state index contributed by atoms with van der Waals surface area (Å²) < 4.78 is 20.8. The minimum Gasteiger partial charge on any atom is -0.380 e. The van der Waals surface area contributed by atoms with E-state index >= 15 is 4.39 Å². The zero-order valence-corrected chi connectivity index (χ0v) is 31.5. The van der Waals surface area contributed by atoms with Gasteiger partial charge in [-0.15, -0.1) is 0 Å². The number of piperidine rings is 1. The molecule has 4 heterocycles. The number of benzene rings is 3. The number of amides is 4. The lowest BCUT2D eigenvalue weighted by atomic mass is 9.81. The summed E-state index contributed by atoms with van der Waals surface area (Å²) in [4.78, 5) is 56.1. The standard InChI is InChI=1S/C43H42FN7O5/c1-23-4-5-27(39-24(2)48-56-25(39)3)14-37(23)50(30-8-6-28(7-9-30)43(22-45)12-13-43)21-26-19-49(20-26)31-15-29(16-31)46-35-18-33-32(17-34(35)44)41(54)51(42(33)55)36-10-11-38(52)47-40(36)53/h4-9,14,17-18,26,29,31,36,46H,10-13,15-16,19-21H2,1-3H3,(H,47,52,53)/t29-,31+,36?. The average molecular weight is 756 g/mol. The van der Waals surface area contributed by atoms with E-state index in [2.05, 4.69) is 81.0 Å².